The van der Waals surface area contributed by atoms with Gasteiger partial charge >= 0.3 is 5.97 Å². The second kappa shape index (κ2) is 7.27. The lowest BCUT2D eigenvalue weighted by atomic mass is 9.72. The van der Waals surface area contributed by atoms with Crippen LogP contribution in [0.1, 0.15) is 65.5 Å². The Morgan fingerprint density at radius 3 is 2.77 bits per heavy atom. The number of carbonyl (C=O) groups is 2. The van der Waals surface area contributed by atoms with E-state index in [-0.39, 0.29) is 23.1 Å². The van der Waals surface area contributed by atoms with Crippen molar-refractivity contribution in [2.75, 3.05) is 11.9 Å². The van der Waals surface area contributed by atoms with Gasteiger partial charge < -0.3 is 14.5 Å². The summed E-state index contributed by atoms with van der Waals surface area (Å²) in [5, 5.41) is 3.41. The van der Waals surface area contributed by atoms with Crippen LogP contribution < -0.4 is 5.32 Å². The van der Waals surface area contributed by atoms with Crippen LogP contribution in [-0.2, 0) is 17.6 Å². The third kappa shape index (κ3) is 3.70. The van der Waals surface area contributed by atoms with E-state index in [1.807, 2.05) is 0 Å². The molecule has 2 aromatic heterocycles. The van der Waals surface area contributed by atoms with Crippen LogP contribution in [-0.4, -0.2) is 18.5 Å². The number of furan rings is 1. The first-order chi connectivity index (χ1) is 12.3. The normalized spacial score (nSPS) is 16.8. The minimum absolute atomic E-state index is 0.212. The summed E-state index contributed by atoms with van der Waals surface area (Å²) in [6.45, 7) is 8.85. The maximum atomic E-state index is 12.6. The maximum Gasteiger partial charge on any atom is 0.341 e. The van der Waals surface area contributed by atoms with E-state index in [1.54, 1.807) is 19.1 Å². The van der Waals surface area contributed by atoms with Gasteiger partial charge in [0.15, 0.2) is 5.76 Å². The standard InChI is InChI=1S/C20H25NO4S/c1-5-24-19(23)16-13-9-8-12(20(2,3)4)11-15(13)26-18(16)21-17(22)14-7-6-10-25-14/h6-7,10,12H,5,8-9,11H2,1-4H3,(H,21,22)/t12-/m1/s1. The third-order valence-corrected chi connectivity index (χ3v) is 6.11. The molecule has 0 bridgehead atoms. The number of hydrogen-bond donors (Lipinski definition) is 1. The van der Waals surface area contributed by atoms with Gasteiger partial charge in [0, 0.05) is 4.88 Å². The Hall–Kier alpha value is -2.08. The molecule has 5 nitrogen and oxygen atoms in total. The van der Waals surface area contributed by atoms with Gasteiger partial charge in [0.25, 0.3) is 5.91 Å². The van der Waals surface area contributed by atoms with Crippen LogP contribution in [0.5, 0.6) is 0 Å². The highest BCUT2D eigenvalue weighted by molar-refractivity contribution is 7.17. The Balaban J connectivity index is 1.94. The van der Waals surface area contributed by atoms with Crippen molar-refractivity contribution in [3.8, 4) is 0 Å². The number of esters is 1. The van der Waals surface area contributed by atoms with Gasteiger partial charge in [-0.3, -0.25) is 4.79 Å². The number of nitrogens with one attached hydrogen (secondary N) is 1. The van der Waals surface area contributed by atoms with Gasteiger partial charge in [0.05, 0.1) is 18.4 Å². The van der Waals surface area contributed by atoms with Crippen molar-refractivity contribution in [1.82, 2.24) is 0 Å². The summed E-state index contributed by atoms with van der Waals surface area (Å²) in [5.41, 5.74) is 1.76. The molecule has 0 spiro atoms. The highest BCUT2D eigenvalue weighted by atomic mass is 32.1. The third-order valence-electron chi connectivity index (χ3n) is 4.94. The molecule has 3 rings (SSSR count). The lowest BCUT2D eigenvalue weighted by molar-refractivity contribution is 0.0526. The van der Waals surface area contributed by atoms with Crippen LogP contribution in [0.4, 0.5) is 5.00 Å². The molecule has 0 unspecified atom stereocenters. The van der Waals surface area contributed by atoms with E-state index in [9.17, 15) is 9.59 Å². The van der Waals surface area contributed by atoms with E-state index in [2.05, 4.69) is 26.1 Å². The zero-order valence-electron chi connectivity index (χ0n) is 15.7. The van der Waals surface area contributed by atoms with Crippen molar-refractivity contribution < 1.29 is 18.7 Å². The Bertz CT molecular complexity index is 799. The topological polar surface area (TPSA) is 68.5 Å². The summed E-state index contributed by atoms with van der Waals surface area (Å²) in [4.78, 5) is 26.1. The SMILES string of the molecule is CCOC(=O)c1c(NC(=O)c2ccco2)sc2c1CC[C@@H](C(C)(C)C)C2. The molecule has 0 saturated carbocycles. The van der Waals surface area contributed by atoms with Crippen molar-refractivity contribution in [2.24, 2.45) is 11.3 Å². The number of fused-ring (bicyclic) bond motifs is 1. The van der Waals surface area contributed by atoms with Crippen LogP contribution in [0.2, 0.25) is 0 Å². The Labute approximate surface area is 157 Å². The average molecular weight is 375 g/mol. The van der Waals surface area contributed by atoms with Crippen LogP contribution in [0.15, 0.2) is 22.8 Å². The number of ether oxygens (including phenoxy) is 1. The summed E-state index contributed by atoms with van der Waals surface area (Å²) in [5.74, 6) is 0.0524. The number of rotatable bonds is 4. The first-order valence-electron chi connectivity index (χ1n) is 8.97. The molecule has 0 radical (unpaired) electrons. The van der Waals surface area contributed by atoms with Crippen LogP contribution in [0.3, 0.4) is 0 Å². The molecular weight excluding hydrogens is 350 g/mol. The minimum atomic E-state index is -0.367. The lowest BCUT2D eigenvalue weighted by Gasteiger charge is -2.33. The van der Waals surface area contributed by atoms with Gasteiger partial charge in [-0.15, -0.1) is 11.3 Å². The summed E-state index contributed by atoms with van der Waals surface area (Å²) in [7, 11) is 0. The van der Waals surface area contributed by atoms with E-state index >= 15 is 0 Å². The Morgan fingerprint density at radius 2 is 2.15 bits per heavy atom. The number of carbonyl (C=O) groups excluding carboxylic acids is 2. The predicted molar refractivity (Wildman–Crippen MR) is 102 cm³/mol. The molecule has 1 atom stereocenters. The second-order valence-electron chi connectivity index (χ2n) is 7.67. The monoisotopic (exact) mass is 375 g/mol. The Morgan fingerprint density at radius 1 is 1.38 bits per heavy atom. The molecule has 6 heteroatoms. The molecule has 2 heterocycles. The number of hydrogen-bond acceptors (Lipinski definition) is 5. The summed E-state index contributed by atoms with van der Waals surface area (Å²) < 4.78 is 10.4. The van der Waals surface area contributed by atoms with Crippen LogP contribution in [0.25, 0.3) is 0 Å². The van der Waals surface area contributed by atoms with Crippen LogP contribution >= 0.6 is 11.3 Å². The molecule has 26 heavy (non-hydrogen) atoms. The van der Waals surface area contributed by atoms with Gasteiger partial charge in [-0.25, -0.2) is 4.79 Å². The Kier molecular flexibility index (Phi) is 5.23. The summed E-state index contributed by atoms with van der Waals surface area (Å²) >= 11 is 1.49. The molecule has 0 fully saturated rings. The number of thiophene rings is 1. The molecule has 1 aliphatic carbocycles. The molecule has 1 amide bonds. The van der Waals surface area contributed by atoms with Crippen molar-refractivity contribution >= 4 is 28.2 Å². The fourth-order valence-electron chi connectivity index (χ4n) is 3.40. The van der Waals surface area contributed by atoms with E-state index in [0.29, 0.717) is 23.1 Å². The van der Waals surface area contributed by atoms with Crippen molar-refractivity contribution in [1.29, 1.82) is 0 Å². The number of anilines is 1. The largest absolute Gasteiger partial charge is 0.462 e. The fourth-order valence-corrected chi connectivity index (χ4v) is 4.72. The molecule has 140 valence electrons. The van der Waals surface area contributed by atoms with Gasteiger partial charge in [0.1, 0.15) is 5.00 Å². The molecule has 0 saturated heterocycles. The molecular formula is C20H25NO4S. The summed E-state index contributed by atoms with van der Waals surface area (Å²) in [6, 6.07) is 3.26. The molecule has 0 aromatic carbocycles. The summed E-state index contributed by atoms with van der Waals surface area (Å²) in [6.07, 6.45) is 4.24. The van der Waals surface area contributed by atoms with E-state index in [1.165, 1.54) is 22.5 Å². The lowest BCUT2D eigenvalue weighted by Crippen LogP contribution is -2.26. The molecule has 1 N–H and O–H groups in total. The second-order valence-corrected chi connectivity index (χ2v) is 8.77. The van der Waals surface area contributed by atoms with Gasteiger partial charge in [-0.2, -0.15) is 0 Å². The van der Waals surface area contributed by atoms with Crippen molar-refractivity contribution in [2.45, 2.75) is 47.0 Å². The van der Waals surface area contributed by atoms with Crippen LogP contribution in [0, 0.1) is 11.3 Å². The minimum Gasteiger partial charge on any atom is -0.462 e. The number of amides is 1. The van der Waals surface area contributed by atoms with Crippen molar-refractivity contribution in [3.05, 3.63) is 40.2 Å². The fraction of sp³-hybridized carbons (Fsp3) is 0.500. The van der Waals surface area contributed by atoms with E-state index < -0.39 is 0 Å². The smallest absolute Gasteiger partial charge is 0.341 e. The average Bonchev–Trinajstić information content (AvgIpc) is 3.21. The van der Waals surface area contributed by atoms with Crippen molar-refractivity contribution in [3.63, 3.8) is 0 Å². The van der Waals surface area contributed by atoms with Gasteiger partial charge in [-0.05, 0) is 55.2 Å². The van der Waals surface area contributed by atoms with E-state index in [4.69, 9.17) is 9.15 Å². The molecule has 1 aliphatic rings. The molecule has 0 aliphatic heterocycles. The molecule has 2 aromatic rings. The highest BCUT2D eigenvalue weighted by Crippen LogP contribution is 2.44. The first-order valence-corrected chi connectivity index (χ1v) is 9.79. The quantitative estimate of drug-likeness (QED) is 0.770. The van der Waals surface area contributed by atoms with E-state index in [0.717, 1.165) is 24.8 Å². The zero-order valence-corrected chi connectivity index (χ0v) is 16.5. The van der Waals surface area contributed by atoms with Gasteiger partial charge in [-0.1, -0.05) is 20.8 Å². The van der Waals surface area contributed by atoms with Gasteiger partial charge in [0.2, 0.25) is 0 Å². The zero-order chi connectivity index (χ0) is 18.9. The predicted octanol–water partition coefficient (Wildman–Crippen LogP) is 4.92. The first kappa shape index (κ1) is 18.7. The highest BCUT2D eigenvalue weighted by Gasteiger charge is 2.34. The maximum absolute atomic E-state index is 12.6.